The van der Waals surface area contributed by atoms with Gasteiger partial charge in [0.15, 0.2) is 0 Å². The molecule has 8 nitrogen and oxygen atoms in total. The van der Waals surface area contributed by atoms with Gasteiger partial charge in [-0.3, -0.25) is 14.3 Å². The van der Waals surface area contributed by atoms with Crippen LogP contribution in [0.4, 0.5) is 5.69 Å². The normalized spacial score (nSPS) is 16.4. The Morgan fingerprint density at radius 1 is 1.52 bits per heavy atom. The number of carbonyl (C=O) groups excluding carboxylic acids is 2. The molecule has 23 heavy (non-hydrogen) atoms. The van der Waals surface area contributed by atoms with E-state index in [2.05, 4.69) is 20.9 Å². The smallest absolute Gasteiger partial charge is 0.228 e. The molecule has 1 aliphatic heterocycles. The van der Waals surface area contributed by atoms with Crippen molar-refractivity contribution >= 4 is 17.5 Å². The molecule has 1 aromatic carbocycles. The van der Waals surface area contributed by atoms with Crippen molar-refractivity contribution in [2.24, 2.45) is 0 Å². The molecule has 0 saturated carbocycles. The number of nitrogens with zero attached hydrogens (tertiary/aromatic N) is 3. The van der Waals surface area contributed by atoms with Gasteiger partial charge >= 0.3 is 0 Å². The van der Waals surface area contributed by atoms with Gasteiger partial charge in [-0.25, -0.2) is 0 Å². The Balaban J connectivity index is 1.72. The van der Waals surface area contributed by atoms with Crippen LogP contribution in [0.3, 0.4) is 0 Å². The number of benzene rings is 1. The van der Waals surface area contributed by atoms with E-state index in [4.69, 9.17) is 4.74 Å². The lowest BCUT2D eigenvalue weighted by molar-refractivity contribution is -0.126. The lowest BCUT2D eigenvalue weighted by Crippen LogP contribution is -2.36. The van der Waals surface area contributed by atoms with Gasteiger partial charge in [-0.15, -0.1) is 5.10 Å². The summed E-state index contributed by atoms with van der Waals surface area (Å²) >= 11 is 0. The molecule has 0 aliphatic carbocycles. The summed E-state index contributed by atoms with van der Waals surface area (Å²) in [6.45, 7) is 0.940. The molecule has 1 atom stereocenters. The van der Waals surface area contributed by atoms with Crippen LogP contribution in [-0.4, -0.2) is 40.5 Å². The first-order chi connectivity index (χ1) is 11.2. The van der Waals surface area contributed by atoms with E-state index in [1.165, 1.54) is 7.11 Å². The van der Waals surface area contributed by atoms with Crippen LogP contribution in [0.25, 0.3) is 0 Å². The van der Waals surface area contributed by atoms with Gasteiger partial charge < -0.3 is 15.4 Å². The molecule has 0 saturated heterocycles. The van der Waals surface area contributed by atoms with E-state index in [-0.39, 0.29) is 18.2 Å². The van der Waals surface area contributed by atoms with Gasteiger partial charge in [-0.1, -0.05) is 17.3 Å². The Kier molecular flexibility index (Phi) is 4.22. The summed E-state index contributed by atoms with van der Waals surface area (Å²) < 4.78 is 6.88. The van der Waals surface area contributed by atoms with Crippen LogP contribution >= 0.6 is 0 Å². The van der Waals surface area contributed by atoms with Crippen LogP contribution in [0, 0.1) is 0 Å². The number of anilines is 1. The highest BCUT2D eigenvalue weighted by atomic mass is 16.5. The topological polar surface area (TPSA) is 98.1 Å². The third-order valence-corrected chi connectivity index (χ3v) is 3.74. The van der Waals surface area contributed by atoms with Crippen molar-refractivity contribution in [3.8, 4) is 5.75 Å². The van der Waals surface area contributed by atoms with Gasteiger partial charge in [0.1, 0.15) is 5.75 Å². The molecule has 0 spiro atoms. The fourth-order valence-electron chi connectivity index (χ4n) is 2.63. The van der Waals surface area contributed by atoms with Crippen molar-refractivity contribution in [3.05, 3.63) is 36.2 Å². The Labute approximate surface area is 132 Å². The Bertz CT molecular complexity index is 714. The van der Waals surface area contributed by atoms with Crippen molar-refractivity contribution in [1.82, 2.24) is 20.3 Å². The third kappa shape index (κ3) is 3.15. The maximum atomic E-state index is 12.5. The van der Waals surface area contributed by atoms with Crippen molar-refractivity contribution in [1.29, 1.82) is 0 Å². The van der Waals surface area contributed by atoms with Crippen LogP contribution in [-0.2, 0) is 16.1 Å². The average molecular weight is 315 g/mol. The van der Waals surface area contributed by atoms with Gasteiger partial charge in [0.05, 0.1) is 31.5 Å². The van der Waals surface area contributed by atoms with Crippen molar-refractivity contribution in [2.75, 3.05) is 19.0 Å². The number of fused-ring (bicyclic) bond motifs is 1. The second kappa shape index (κ2) is 6.47. The molecule has 2 N–H and O–H groups in total. The zero-order valence-corrected chi connectivity index (χ0v) is 12.7. The number of amides is 2. The maximum absolute atomic E-state index is 12.5. The largest absolute Gasteiger partial charge is 0.495 e. The van der Waals surface area contributed by atoms with Crippen LogP contribution in [0.1, 0.15) is 17.9 Å². The molecule has 1 aromatic heterocycles. The third-order valence-electron chi connectivity index (χ3n) is 3.74. The molecule has 120 valence electrons. The molecular weight excluding hydrogens is 298 g/mol. The minimum atomic E-state index is -0.524. The van der Waals surface area contributed by atoms with Gasteiger partial charge in [-0.2, -0.15) is 0 Å². The number of aromatic nitrogens is 3. The fraction of sp³-hybridized carbons (Fsp3) is 0.333. The van der Waals surface area contributed by atoms with Crippen LogP contribution in [0.5, 0.6) is 5.75 Å². The summed E-state index contributed by atoms with van der Waals surface area (Å²) in [5.74, 6) is -0.353. The molecule has 1 aliphatic rings. The molecule has 8 heteroatoms. The quantitative estimate of drug-likeness (QED) is 0.838. The molecular formula is C15H17N5O3. The van der Waals surface area contributed by atoms with E-state index in [1.807, 2.05) is 12.1 Å². The summed E-state index contributed by atoms with van der Waals surface area (Å²) in [4.78, 5) is 24.4. The summed E-state index contributed by atoms with van der Waals surface area (Å²) in [6.07, 6.45) is 3.42. The number of carbonyl (C=O) groups is 2. The van der Waals surface area contributed by atoms with E-state index in [0.29, 0.717) is 24.5 Å². The van der Waals surface area contributed by atoms with Gasteiger partial charge in [0.25, 0.3) is 0 Å². The number of para-hydroxylation sites is 1. The van der Waals surface area contributed by atoms with E-state index in [1.54, 1.807) is 23.1 Å². The summed E-state index contributed by atoms with van der Waals surface area (Å²) in [7, 11) is 1.53. The zero-order chi connectivity index (χ0) is 16.2. The minimum Gasteiger partial charge on any atom is -0.495 e. The SMILES string of the molecule is COc1cccc2c1NC(=O)C[C@H]2C(=O)NCCn1ccnn1. The second-order valence-electron chi connectivity index (χ2n) is 5.19. The van der Waals surface area contributed by atoms with E-state index in [0.717, 1.165) is 5.56 Å². The van der Waals surface area contributed by atoms with Crippen LogP contribution < -0.4 is 15.4 Å². The second-order valence-corrected chi connectivity index (χ2v) is 5.19. The first-order valence-electron chi connectivity index (χ1n) is 7.27. The Morgan fingerprint density at radius 3 is 3.13 bits per heavy atom. The number of methoxy groups -OCH3 is 1. The molecule has 3 rings (SSSR count). The van der Waals surface area contributed by atoms with Gasteiger partial charge in [0, 0.05) is 19.2 Å². The van der Waals surface area contributed by atoms with Crippen LogP contribution in [0.15, 0.2) is 30.6 Å². The summed E-state index contributed by atoms with van der Waals surface area (Å²) in [5.41, 5.74) is 1.34. The number of rotatable bonds is 5. The lowest BCUT2D eigenvalue weighted by atomic mass is 9.89. The number of hydrogen-bond acceptors (Lipinski definition) is 5. The molecule has 0 bridgehead atoms. The van der Waals surface area contributed by atoms with Crippen molar-refractivity contribution in [2.45, 2.75) is 18.9 Å². The number of ether oxygens (including phenoxy) is 1. The highest BCUT2D eigenvalue weighted by molar-refractivity contribution is 6.02. The average Bonchev–Trinajstić information content (AvgIpc) is 3.06. The van der Waals surface area contributed by atoms with Gasteiger partial charge in [0.2, 0.25) is 11.8 Å². The Hall–Kier alpha value is -2.90. The molecule has 0 unspecified atom stereocenters. The maximum Gasteiger partial charge on any atom is 0.228 e. The minimum absolute atomic E-state index is 0.120. The first-order valence-corrected chi connectivity index (χ1v) is 7.27. The number of hydrogen-bond donors (Lipinski definition) is 2. The predicted octanol–water partition coefficient (Wildman–Crippen LogP) is 0.529. The molecule has 2 aromatic rings. The Morgan fingerprint density at radius 2 is 2.39 bits per heavy atom. The van der Waals surface area contributed by atoms with E-state index < -0.39 is 5.92 Å². The number of nitrogens with one attached hydrogen (secondary N) is 2. The first kappa shape index (κ1) is 15.0. The predicted molar refractivity (Wildman–Crippen MR) is 82.0 cm³/mol. The van der Waals surface area contributed by atoms with E-state index in [9.17, 15) is 9.59 Å². The molecule has 2 amide bonds. The van der Waals surface area contributed by atoms with Crippen molar-refractivity contribution in [3.63, 3.8) is 0 Å². The van der Waals surface area contributed by atoms with Crippen LogP contribution in [0.2, 0.25) is 0 Å². The zero-order valence-electron chi connectivity index (χ0n) is 12.7. The molecule has 0 fully saturated rings. The van der Waals surface area contributed by atoms with Crippen molar-refractivity contribution < 1.29 is 14.3 Å². The standard InChI is InChI=1S/C15H17N5O3/c1-23-12-4-2-3-10-11(9-13(21)18-14(10)12)15(22)16-5-7-20-8-6-17-19-20/h2-4,6,8,11H,5,7,9H2,1H3,(H,16,22)(H,18,21)/t11-/m1/s1. The fourth-order valence-corrected chi connectivity index (χ4v) is 2.63. The lowest BCUT2D eigenvalue weighted by Gasteiger charge is -2.26. The van der Waals surface area contributed by atoms with E-state index >= 15 is 0 Å². The highest BCUT2D eigenvalue weighted by Crippen LogP contribution is 2.38. The highest BCUT2D eigenvalue weighted by Gasteiger charge is 2.32. The monoisotopic (exact) mass is 315 g/mol. The summed E-state index contributed by atoms with van der Waals surface area (Å²) in [6, 6.07) is 5.40. The van der Waals surface area contributed by atoms with Gasteiger partial charge in [-0.05, 0) is 11.6 Å². The molecule has 2 heterocycles. The summed E-state index contributed by atoms with van der Waals surface area (Å²) in [5, 5.41) is 13.2. The molecule has 0 radical (unpaired) electrons.